The molecular weight excluding hydrogens is 356 g/mol. The molecule has 2 rings (SSSR count). The molecule has 0 heterocycles. The van der Waals surface area contributed by atoms with Crippen molar-refractivity contribution in [2.24, 2.45) is 5.92 Å². The van der Waals surface area contributed by atoms with E-state index in [1.807, 2.05) is 37.3 Å². The van der Waals surface area contributed by atoms with Crippen LogP contribution in [0.25, 0.3) is 0 Å². The standard InChI is InChI=1S/C19H28O6S/c1-15(12-19(9-10-19)25-26(3,21)22)11-18(24-16(2)20)14-23-13-17-7-5-4-6-8-17/h4-8,15,18H,9-14H2,1-3H3/t15-,18-/m1/s1. The topological polar surface area (TPSA) is 78.9 Å². The number of hydrogen-bond acceptors (Lipinski definition) is 6. The van der Waals surface area contributed by atoms with E-state index in [0.717, 1.165) is 24.7 Å². The van der Waals surface area contributed by atoms with Crippen LogP contribution in [0.15, 0.2) is 30.3 Å². The Morgan fingerprint density at radius 1 is 1.23 bits per heavy atom. The summed E-state index contributed by atoms with van der Waals surface area (Å²) in [6, 6.07) is 9.78. The summed E-state index contributed by atoms with van der Waals surface area (Å²) in [6.07, 6.45) is 3.43. The second-order valence-corrected chi connectivity index (χ2v) is 8.82. The van der Waals surface area contributed by atoms with E-state index >= 15 is 0 Å². The van der Waals surface area contributed by atoms with Gasteiger partial charge in [0.2, 0.25) is 0 Å². The summed E-state index contributed by atoms with van der Waals surface area (Å²) in [4.78, 5) is 11.4. The van der Waals surface area contributed by atoms with Crippen LogP contribution in [0.5, 0.6) is 0 Å². The summed E-state index contributed by atoms with van der Waals surface area (Å²) < 4.78 is 39.1. The summed E-state index contributed by atoms with van der Waals surface area (Å²) in [5, 5.41) is 0. The van der Waals surface area contributed by atoms with Gasteiger partial charge in [-0.25, -0.2) is 0 Å². The van der Waals surface area contributed by atoms with E-state index in [4.69, 9.17) is 13.7 Å². The zero-order valence-corrected chi connectivity index (χ0v) is 16.5. The maximum absolute atomic E-state index is 11.4. The molecule has 1 fully saturated rings. The predicted octanol–water partition coefficient (Wildman–Crippen LogP) is 3.06. The molecular formula is C19H28O6S. The Balaban J connectivity index is 1.83. The van der Waals surface area contributed by atoms with Crippen molar-refractivity contribution < 1.29 is 26.9 Å². The van der Waals surface area contributed by atoms with E-state index < -0.39 is 15.7 Å². The third-order valence-electron chi connectivity index (χ3n) is 4.27. The lowest BCUT2D eigenvalue weighted by Gasteiger charge is -2.24. The van der Waals surface area contributed by atoms with Crippen LogP contribution in [-0.2, 0) is 35.2 Å². The molecule has 0 bridgehead atoms. The molecule has 0 saturated heterocycles. The third kappa shape index (κ3) is 7.85. The van der Waals surface area contributed by atoms with Crippen molar-refractivity contribution in [3.63, 3.8) is 0 Å². The van der Waals surface area contributed by atoms with Crippen LogP contribution in [0.1, 0.15) is 45.1 Å². The summed E-state index contributed by atoms with van der Waals surface area (Å²) in [5.41, 5.74) is 0.485. The van der Waals surface area contributed by atoms with Crippen LogP contribution in [0.4, 0.5) is 0 Å². The monoisotopic (exact) mass is 384 g/mol. The van der Waals surface area contributed by atoms with Gasteiger partial charge in [0.25, 0.3) is 10.1 Å². The van der Waals surface area contributed by atoms with Gasteiger partial charge in [-0.2, -0.15) is 8.42 Å². The lowest BCUT2D eigenvalue weighted by molar-refractivity contribution is -0.150. The van der Waals surface area contributed by atoms with Crippen LogP contribution in [0.2, 0.25) is 0 Å². The highest BCUT2D eigenvalue weighted by Gasteiger charge is 2.48. The van der Waals surface area contributed by atoms with Crippen molar-refractivity contribution in [2.75, 3.05) is 12.9 Å². The van der Waals surface area contributed by atoms with Crippen molar-refractivity contribution in [3.8, 4) is 0 Å². The minimum Gasteiger partial charge on any atom is -0.460 e. The van der Waals surface area contributed by atoms with Crippen LogP contribution in [0.3, 0.4) is 0 Å². The van der Waals surface area contributed by atoms with Gasteiger partial charge >= 0.3 is 5.97 Å². The summed E-state index contributed by atoms with van der Waals surface area (Å²) in [5.74, 6) is -0.206. The lowest BCUT2D eigenvalue weighted by Crippen LogP contribution is -2.28. The SMILES string of the molecule is CC(=O)O[C@@H](COCc1ccccc1)C[C@@H](C)CC1(OS(C)(=O)=O)CC1. The average Bonchev–Trinajstić information content (AvgIpc) is 3.24. The molecule has 0 amide bonds. The minimum atomic E-state index is -3.47. The second-order valence-electron chi connectivity index (χ2n) is 7.25. The molecule has 2 atom stereocenters. The molecule has 0 aromatic heterocycles. The first-order valence-electron chi connectivity index (χ1n) is 8.87. The molecule has 0 radical (unpaired) electrons. The molecule has 6 nitrogen and oxygen atoms in total. The Bertz CT molecular complexity index is 681. The zero-order chi connectivity index (χ0) is 19.2. The molecule has 1 aromatic rings. The normalized spacial score (nSPS) is 18.1. The number of benzene rings is 1. The van der Waals surface area contributed by atoms with E-state index in [0.29, 0.717) is 26.1 Å². The highest BCUT2D eigenvalue weighted by atomic mass is 32.2. The van der Waals surface area contributed by atoms with E-state index in [2.05, 4.69) is 0 Å². The van der Waals surface area contributed by atoms with E-state index in [-0.39, 0.29) is 18.0 Å². The zero-order valence-electron chi connectivity index (χ0n) is 15.6. The molecule has 1 aromatic carbocycles. The molecule has 0 aliphatic heterocycles. The molecule has 7 heteroatoms. The molecule has 1 aliphatic rings. The Morgan fingerprint density at radius 2 is 1.88 bits per heavy atom. The number of rotatable bonds is 11. The molecule has 0 N–H and O–H groups in total. The Morgan fingerprint density at radius 3 is 2.42 bits per heavy atom. The van der Waals surface area contributed by atoms with Gasteiger partial charge in [-0.3, -0.25) is 8.98 Å². The predicted molar refractivity (Wildman–Crippen MR) is 97.9 cm³/mol. The highest BCUT2D eigenvalue weighted by Crippen LogP contribution is 2.46. The highest BCUT2D eigenvalue weighted by molar-refractivity contribution is 7.86. The molecule has 1 aliphatic carbocycles. The number of esters is 1. The molecule has 1 saturated carbocycles. The van der Waals surface area contributed by atoms with Crippen molar-refractivity contribution in [1.29, 1.82) is 0 Å². The van der Waals surface area contributed by atoms with Crippen molar-refractivity contribution in [2.45, 2.75) is 57.8 Å². The molecule has 0 unspecified atom stereocenters. The number of carbonyl (C=O) groups excluding carboxylic acids is 1. The van der Waals surface area contributed by atoms with Crippen LogP contribution in [0, 0.1) is 5.92 Å². The minimum absolute atomic E-state index is 0.143. The van der Waals surface area contributed by atoms with Crippen LogP contribution in [-0.4, -0.2) is 39.0 Å². The Kier molecular flexibility index (Phi) is 7.20. The van der Waals surface area contributed by atoms with Gasteiger partial charge in [-0.15, -0.1) is 0 Å². The fourth-order valence-corrected chi connectivity index (χ4v) is 4.09. The summed E-state index contributed by atoms with van der Waals surface area (Å²) >= 11 is 0. The molecule has 146 valence electrons. The van der Waals surface area contributed by atoms with Crippen LogP contribution >= 0.6 is 0 Å². The van der Waals surface area contributed by atoms with Gasteiger partial charge in [0.05, 0.1) is 25.1 Å². The van der Waals surface area contributed by atoms with Crippen molar-refractivity contribution >= 4 is 16.1 Å². The Labute approximate surface area is 156 Å². The third-order valence-corrected chi connectivity index (χ3v) is 4.93. The summed E-state index contributed by atoms with van der Waals surface area (Å²) in [7, 11) is -3.47. The first-order valence-corrected chi connectivity index (χ1v) is 10.7. The van der Waals surface area contributed by atoms with Gasteiger partial charge in [0.1, 0.15) is 6.10 Å². The number of hydrogen-bond donors (Lipinski definition) is 0. The van der Waals surface area contributed by atoms with Crippen molar-refractivity contribution in [3.05, 3.63) is 35.9 Å². The maximum atomic E-state index is 11.4. The lowest BCUT2D eigenvalue weighted by atomic mass is 9.96. The smallest absolute Gasteiger partial charge is 0.302 e. The number of ether oxygens (including phenoxy) is 2. The second kappa shape index (κ2) is 8.97. The largest absolute Gasteiger partial charge is 0.460 e. The molecule has 0 spiro atoms. The maximum Gasteiger partial charge on any atom is 0.302 e. The quantitative estimate of drug-likeness (QED) is 0.431. The van der Waals surface area contributed by atoms with Gasteiger partial charge in [-0.1, -0.05) is 37.3 Å². The van der Waals surface area contributed by atoms with Crippen LogP contribution < -0.4 is 0 Å². The van der Waals surface area contributed by atoms with Gasteiger partial charge < -0.3 is 9.47 Å². The van der Waals surface area contributed by atoms with E-state index in [9.17, 15) is 13.2 Å². The van der Waals surface area contributed by atoms with Gasteiger partial charge in [0, 0.05) is 6.92 Å². The number of carbonyl (C=O) groups is 1. The molecule has 26 heavy (non-hydrogen) atoms. The van der Waals surface area contributed by atoms with E-state index in [1.54, 1.807) is 0 Å². The Hall–Kier alpha value is -1.44. The van der Waals surface area contributed by atoms with E-state index in [1.165, 1.54) is 6.92 Å². The fourth-order valence-electron chi connectivity index (χ4n) is 3.22. The average molecular weight is 384 g/mol. The van der Waals surface area contributed by atoms with Gasteiger partial charge in [0.15, 0.2) is 0 Å². The summed E-state index contributed by atoms with van der Waals surface area (Å²) in [6.45, 7) is 4.15. The fraction of sp³-hybridized carbons (Fsp3) is 0.632. The van der Waals surface area contributed by atoms with Gasteiger partial charge in [-0.05, 0) is 37.2 Å². The first-order chi connectivity index (χ1) is 12.2. The first kappa shape index (κ1) is 20.9. The van der Waals surface area contributed by atoms with Crippen molar-refractivity contribution in [1.82, 2.24) is 0 Å².